The number of nitrogen functional groups attached to an aromatic ring is 1. The third kappa shape index (κ3) is 4.25. The normalized spacial score (nSPS) is 10.5. The molecule has 8 heteroatoms. The van der Waals surface area contributed by atoms with Crippen LogP contribution in [0.2, 0.25) is 5.02 Å². The van der Waals surface area contributed by atoms with Crippen molar-refractivity contribution in [2.24, 2.45) is 5.84 Å². The fourth-order valence-electron chi connectivity index (χ4n) is 1.52. The van der Waals surface area contributed by atoms with Gasteiger partial charge >= 0.3 is 0 Å². The summed E-state index contributed by atoms with van der Waals surface area (Å²) in [6.45, 7) is 2.63. The molecule has 1 aromatic carbocycles. The SMILES string of the molecule is CCOCc1nc(NN)cc(Oc2ccc(F)c(Cl)c2)n1. The van der Waals surface area contributed by atoms with Crippen molar-refractivity contribution in [3.05, 3.63) is 40.9 Å². The van der Waals surface area contributed by atoms with E-state index >= 15 is 0 Å². The van der Waals surface area contributed by atoms with Gasteiger partial charge in [0.1, 0.15) is 24.0 Å². The van der Waals surface area contributed by atoms with E-state index < -0.39 is 5.82 Å². The van der Waals surface area contributed by atoms with Gasteiger partial charge in [-0.15, -0.1) is 0 Å². The molecule has 6 nitrogen and oxygen atoms in total. The van der Waals surface area contributed by atoms with Gasteiger partial charge in [-0.3, -0.25) is 0 Å². The van der Waals surface area contributed by atoms with Gasteiger partial charge in [-0.25, -0.2) is 15.2 Å². The van der Waals surface area contributed by atoms with Gasteiger partial charge in [-0.1, -0.05) is 11.6 Å². The van der Waals surface area contributed by atoms with E-state index in [1.54, 1.807) is 0 Å². The predicted molar refractivity (Wildman–Crippen MR) is 76.7 cm³/mol. The zero-order valence-electron chi connectivity index (χ0n) is 11.3. The molecule has 0 radical (unpaired) electrons. The predicted octanol–water partition coefficient (Wildman–Crippen LogP) is 2.88. The zero-order chi connectivity index (χ0) is 15.2. The minimum atomic E-state index is -0.520. The molecule has 0 aliphatic carbocycles. The van der Waals surface area contributed by atoms with Crippen LogP contribution in [0.1, 0.15) is 12.7 Å². The molecule has 0 spiro atoms. The van der Waals surface area contributed by atoms with Gasteiger partial charge in [0, 0.05) is 18.7 Å². The van der Waals surface area contributed by atoms with Crippen molar-refractivity contribution in [1.29, 1.82) is 0 Å². The first-order valence-corrected chi connectivity index (χ1v) is 6.55. The summed E-state index contributed by atoms with van der Waals surface area (Å²) in [5, 5.41) is -0.0340. The second-order valence-electron chi connectivity index (χ2n) is 3.97. The zero-order valence-corrected chi connectivity index (χ0v) is 12.0. The van der Waals surface area contributed by atoms with E-state index in [9.17, 15) is 4.39 Å². The minimum absolute atomic E-state index is 0.0340. The number of anilines is 1. The summed E-state index contributed by atoms with van der Waals surface area (Å²) < 4.78 is 23.9. The first kappa shape index (κ1) is 15.4. The van der Waals surface area contributed by atoms with Crippen molar-refractivity contribution in [1.82, 2.24) is 9.97 Å². The molecule has 21 heavy (non-hydrogen) atoms. The first-order chi connectivity index (χ1) is 10.1. The number of aromatic nitrogens is 2. The fourth-order valence-corrected chi connectivity index (χ4v) is 1.69. The maximum Gasteiger partial charge on any atom is 0.224 e. The molecule has 0 unspecified atom stereocenters. The fraction of sp³-hybridized carbons (Fsp3) is 0.231. The van der Waals surface area contributed by atoms with Gasteiger partial charge in [-0.2, -0.15) is 4.98 Å². The van der Waals surface area contributed by atoms with Gasteiger partial charge in [0.15, 0.2) is 5.82 Å². The van der Waals surface area contributed by atoms with E-state index in [0.29, 0.717) is 24.0 Å². The molecule has 2 aromatic rings. The standard InChI is InChI=1S/C13H14ClFN4O2/c1-2-20-7-12-17-11(19-16)6-13(18-12)21-8-3-4-10(15)9(14)5-8/h3-6H,2,7,16H2,1H3,(H,17,18,19). The summed E-state index contributed by atoms with van der Waals surface area (Å²) >= 11 is 5.70. The Kier molecular flexibility index (Phi) is 5.26. The van der Waals surface area contributed by atoms with Crippen LogP contribution in [0.15, 0.2) is 24.3 Å². The molecule has 0 amide bonds. The number of nitrogens with two attached hydrogens (primary N) is 1. The molecule has 3 N–H and O–H groups in total. The summed E-state index contributed by atoms with van der Waals surface area (Å²) in [6, 6.07) is 5.52. The van der Waals surface area contributed by atoms with E-state index in [1.807, 2.05) is 6.92 Å². The molecule has 0 fully saturated rings. The Morgan fingerprint density at radius 1 is 1.33 bits per heavy atom. The average Bonchev–Trinajstić information content (AvgIpc) is 2.48. The summed E-state index contributed by atoms with van der Waals surface area (Å²) in [4.78, 5) is 8.30. The highest BCUT2D eigenvalue weighted by atomic mass is 35.5. The molecule has 1 heterocycles. The van der Waals surface area contributed by atoms with Crippen molar-refractivity contribution in [3.8, 4) is 11.6 Å². The van der Waals surface area contributed by atoms with Gasteiger partial charge in [0.25, 0.3) is 0 Å². The van der Waals surface area contributed by atoms with E-state index in [2.05, 4.69) is 15.4 Å². The lowest BCUT2D eigenvalue weighted by Gasteiger charge is -2.09. The highest BCUT2D eigenvalue weighted by molar-refractivity contribution is 6.30. The number of halogens is 2. The second-order valence-corrected chi connectivity index (χ2v) is 4.37. The molecule has 0 saturated carbocycles. The van der Waals surface area contributed by atoms with Crippen molar-refractivity contribution in [2.75, 3.05) is 12.0 Å². The van der Waals surface area contributed by atoms with Crippen LogP contribution in [0.4, 0.5) is 10.2 Å². The van der Waals surface area contributed by atoms with Gasteiger partial charge in [-0.05, 0) is 19.1 Å². The largest absolute Gasteiger partial charge is 0.439 e. The molecule has 0 saturated heterocycles. The van der Waals surface area contributed by atoms with Crippen LogP contribution in [0.25, 0.3) is 0 Å². The van der Waals surface area contributed by atoms with Crippen LogP contribution in [-0.2, 0) is 11.3 Å². The summed E-state index contributed by atoms with van der Waals surface area (Å²) in [7, 11) is 0. The lowest BCUT2D eigenvalue weighted by Crippen LogP contribution is -2.11. The minimum Gasteiger partial charge on any atom is -0.439 e. The van der Waals surface area contributed by atoms with Gasteiger partial charge in [0.05, 0.1) is 5.02 Å². The molecule has 0 aliphatic heterocycles. The first-order valence-electron chi connectivity index (χ1n) is 6.17. The van der Waals surface area contributed by atoms with Crippen molar-refractivity contribution < 1.29 is 13.9 Å². The Morgan fingerprint density at radius 2 is 2.14 bits per heavy atom. The average molecular weight is 313 g/mol. The van der Waals surface area contributed by atoms with Crippen LogP contribution in [-0.4, -0.2) is 16.6 Å². The topological polar surface area (TPSA) is 82.3 Å². The molecule has 112 valence electrons. The smallest absolute Gasteiger partial charge is 0.224 e. The maximum atomic E-state index is 13.1. The molecule has 0 bridgehead atoms. The number of nitrogens with one attached hydrogen (secondary N) is 1. The lowest BCUT2D eigenvalue weighted by atomic mass is 10.3. The van der Waals surface area contributed by atoms with E-state index in [4.69, 9.17) is 26.9 Å². The third-order valence-corrected chi connectivity index (χ3v) is 2.74. The summed E-state index contributed by atoms with van der Waals surface area (Å²) in [5.74, 6) is 6.21. The number of rotatable bonds is 6. The number of hydrogen-bond donors (Lipinski definition) is 2. The molecular weight excluding hydrogens is 299 g/mol. The highest BCUT2D eigenvalue weighted by Crippen LogP contribution is 2.26. The van der Waals surface area contributed by atoms with Crippen LogP contribution in [0.3, 0.4) is 0 Å². The summed E-state index contributed by atoms with van der Waals surface area (Å²) in [6.07, 6.45) is 0. The Hall–Kier alpha value is -1.96. The highest BCUT2D eigenvalue weighted by Gasteiger charge is 2.08. The van der Waals surface area contributed by atoms with Gasteiger partial charge < -0.3 is 14.9 Å². The van der Waals surface area contributed by atoms with Gasteiger partial charge in [0.2, 0.25) is 5.88 Å². The maximum absolute atomic E-state index is 13.1. The van der Waals surface area contributed by atoms with Crippen LogP contribution < -0.4 is 16.0 Å². The lowest BCUT2D eigenvalue weighted by molar-refractivity contribution is 0.128. The quantitative estimate of drug-likeness (QED) is 0.630. The molecule has 0 atom stereocenters. The molecule has 0 aliphatic rings. The Bertz CT molecular complexity index is 627. The number of nitrogens with zero attached hydrogens (tertiary/aromatic N) is 2. The Morgan fingerprint density at radius 3 is 2.81 bits per heavy atom. The number of hydrogen-bond acceptors (Lipinski definition) is 6. The van der Waals surface area contributed by atoms with Crippen molar-refractivity contribution in [2.45, 2.75) is 13.5 Å². The number of ether oxygens (including phenoxy) is 2. The van der Waals surface area contributed by atoms with E-state index in [-0.39, 0.29) is 17.5 Å². The Balaban J connectivity index is 2.23. The number of benzene rings is 1. The van der Waals surface area contributed by atoms with Crippen LogP contribution in [0.5, 0.6) is 11.6 Å². The molecule has 2 rings (SSSR count). The third-order valence-electron chi connectivity index (χ3n) is 2.45. The van der Waals surface area contributed by atoms with E-state index in [1.165, 1.54) is 24.3 Å². The summed E-state index contributed by atoms with van der Waals surface area (Å²) in [5.41, 5.74) is 2.42. The second kappa shape index (κ2) is 7.16. The monoisotopic (exact) mass is 312 g/mol. The van der Waals surface area contributed by atoms with Crippen molar-refractivity contribution >= 4 is 17.4 Å². The van der Waals surface area contributed by atoms with Crippen LogP contribution in [0, 0.1) is 5.82 Å². The molecule has 1 aromatic heterocycles. The van der Waals surface area contributed by atoms with Crippen molar-refractivity contribution in [3.63, 3.8) is 0 Å². The molecular formula is C13H14ClFN4O2. The Labute approximate surface area is 126 Å². The van der Waals surface area contributed by atoms with Crippen LogP contribution >= 0.6 is 11.6 Å². The number of hydrazine groups is 1. The van der Waals surface area contributed by atoms with E-state index in [0.717, 1.165) is 0 Å².